The van der Waals surface area contributed by atoms with Gasteiger partial charge in [0.15, 0.2) is 16.6 Å². The number of hydrogen-bond donors (Lipinski definition) is 0. The first-order chi connectivity index (χ1) is 6.55. The average molecular weight is 268 g/mol. The van der Waals surface area contributed by atoms with Gasteiger partial charge >= 0.3 is 5.71 Å². The Bertz CT molecular complexity index is 206. The number of methoxy groups -OCH3 is 1. The maximum Gasteiger partial charge on any atom is 0.381 e. The number of hydrogen-bond acceptors (Lipinski definition) is 4. The van der Waals surface area contributed by atoms with Crippen LogP contribution < -0.4 is 0 Å². The van der Waals surface area contributed by atoms with E-state index in [1.54, 1.807) is 0 Å². The lowest BCUT2D eigenvalue weighted by atomic mass is 11.5. The highest BCUT2D eigenvalue weighted by Crippen LogP contribution is 2.45. The first-order valence-electron chi connectivity index (χ1n) is 4.81. The molecule has 0 aromatic heterocycles. The molecule has 0 N–H and O–H groups in total. The molecule has 0 bridgehead atoms. The van der Waals surface area contributed by atoms with E-state index in [-0.39, 0.29) is 5.71 Å². The summed E-state index contributed by atoms with van der Waals surface area (Å²) in [6.07, 6.45) is 0. The van der Waals surface area contributed by atoms with Crippen molar-refractivity contribution in [2.75, 3.05) is 7.11 Å². The lowest BCUT2D eigenvalue weighted by Gasteiger charge is -2.28. The number of carbonyl (C=O) groups excluding carboxylic acids is 1. The van der Waals surface area contributed by atoms with Crippen LogP contribution in [0.4, 0.5) is 4.79 Å². The van der Waals surface area contributed by atoms with Gasteiger partial charge in [-0.1, -0.05) is 0 Å². The van der Waals surface area contributed by atoms with Gasteiger partial charge in [0.2, 0.25) is 0 Å². The zero-order valence-corrected chi connectivity index (χ0v) is 13.5. The molecule has 0 aliphatic carbocycles. The minimum Gasteiger partial charge on any atom is -0.462 e. The van der Waals surface area contributed by atoms with E-state index in [0.29, 0.717) is 0 Å². The smallest absolute Gasteiger partial charge is 0.381 e. The SMILES string of the molecule is COC(=O)P(O[Si](C)(C)C)O[Si](C)(C)C. The van der Waals surface area contributed by atoms with Gasteiger partial charge in [-0.2, -0.15) is 0 Å². The highest BCUT2D eigenvalue weighted by molar-refractivity contribution is 7.67. The normalized spacial score (nSPS) is 13.1. The molecule has 0 heterocycles. The van der Waals surface area contributed by atoms with Crippen LogP contribution in [0.15, 0.2) is 0 Å². The van der Waals surface area contributed by atoms with Crippen LogP contribution in [-0.2, 0) is 13.2 Å². The van der Waals surface area contributed by atoms with E-state index in [4.69, 9.17) is 8.43 Å². The summed E-state index contributed by atoms with van der Waals surface area (Å²) < 4.78 is 16.1. The van der Waals surface area contributed by atoms with E-state index in [1.807, 2.05) is 39.3 Å². The van der Waals surface area contributed by atoms with Crippen LogP contribution >= 0.6 is 8.38 Å². The third kappa shape index (κ3) is 8.10. The molecule has 0 saturated carbocycles. The average Bonchev–Trinajstić information content (AvgIpc) is 1.96. The zero-order valence-electron chi connectivity index (χ0n) is 10.6. The van der Waals surface area contributed by atoms with Crippen molar-refractivity contribution < 1.29 is 18.0 Å². The molecule has 0 aromatic rings. The first-order valence-corrected chi connectivity index (χ1v) is 12.8. The maximum atomic E-state index is 11.5. The second kappa shape index (κ2) is 5.54. The Balaban J connectivity index is 4.53. The monoisotopic (exact) mass is 268 g/mol. The van der Waals surface area contributed by atoms with Crippen molar-refractivity contribution in [3.8, 4) is 0 Å². The lowest BCUT2D eigenvalue weighted by molar-refractivity contribution is 0.193. The van der Waals surface area contributed by atoms with Gasteiger partial charge < -0.3 is 13.2 Å². The van der Waals surface area contributed by atoms with Crippen LogP contribution in [0.5, 0.6) is 0 Å². The van der Waals surface area contributed by atoms with Gasteiger partial charge in [0, 0.05) is 0 Å². The van der Waals surface area contributed by atoms with Gasteiger partial charge in [-0.25, -0.2) is 4.79 Å². The van der Waals surface area contributed by atoms with Crippen LogP contribution in [0.2, 0.25) is 39.3 Å². The fourth-order valence-corrected chi connectivity index (χ4v) is 5.87. The highest BCUT2D eigenvalue weighted by atomic mass is 31.2. The molecule has 0 aromatic carbocycles. The molecule has 90 valence electrons. The van der Waals surface area contributed by atoms with Gasteiger partial charge in [-0.3, -0.25) is 0 Å². The van der Waals surface area contributed by atoms with Crippen LogP contribution in [0.25, 0.3) is 0 Å². The van der Waals surface area contributed by atoms with Crippen molar-refractivity contribution in [1.29, 1.82) is 0 Å². The zero-order chi connectivity index (χ0) is 12.3. The molecular formula is C8H21O4PSi2. The van der Waals surface area contributed by atoms with Crippen molar-refractivity contribution >= 4 is 30.7 Å². The Labute approximate surface area is 95.5 Å². The predicted molar refractivity (Wildman–Crippen MR) is 68.2 cm³/mol. The van der Waals surface area contributed by atoms with Crippen molar-refractivity contribution in [2.45, 2.75) is 39.3 Å². The van der Waals surface area contributed by atoms with E-state index in [9.17, 15) is 4.79 Å². The Morgan fingerprint density at radius 2 is 1.27 bits per heavy atom. The summed E-state index contributed by atoms with van der Waals surface area (Å²) in [7, 11) is -3.72. The van der Waals surface area contributed by atoms with Crippen LogP contribution in [0.1, 0.15) is 0 Å². The van der Waals surface area contributed by atoms with Gasteiger partial charge in [-0.15, -0.1) is 0 Å². The molecule has 0 fully saturated rings. The van der Waals surface area contributed by atoms with Crippen LogP contribution in [0, 0.1) is 0 Å². The topological polar surface area (TPSA) is 44.8 Å². The molecule has 7 heteroatoms. The molecule has 0 spiro atoms. The maximum absolute atomic E-state index is 11.5. The van der Waals surface area contributed by atoms with E-state index >= 15 is 0 Å². The van der Waals surface area contributed by atoms with Crippen LogP contribution in [-0.4, -0.2) is 29.5 Å². The molecule has 0 aliphatic rings. The molecule has 0 unspecified atom stereocenters. The van der Waals surface area contributed by atoms with Gasteiger partial charge in [0.25, 0.3) is 8.38 Å². The van der Waals surface area contributed by atoms with Crippen molar-refractivity contribution in [3.63, 3.8) is 0 Å². The molecular weight excluding hydrogens is 247 g/mol. The summed E-state index contributed by atoms with van der Waals surface area (Å²) in [5.74, 6) is 0. The third-order valence-corrected chi connectivity index (χ3v) is 7.23. The van der Waals surface area contributed by atoms with E-state index < -0.39 is 25.0 Å². The molecule has 0 saturated heterocycles. The van der Waals surface area contributed by atoms with E-state index in [0.717, 1.165) is 0 Å². The summed E-state index contributed by atoms with van der Waals surface area (Å²) in [5.41, 5.74) is -0.380. The summed E-state index contributed by atoms with van der Waals surface area (Å²) in [4.78, 5) is 11.5. The summed E-state index contributed by atoms with van der Waals surface area (Å²) >= 11 is 0. The second-order valence-electron chi connectivity index (χ2n) is 5.13. The summed E-state index contributed by atoms with van der Waals surface area (Å²) in [6, 6.07) is 0. The second-order valence-corrected chi connectivity index (χ2v) is 15.9. The van der Waals surface area contributed by atoms with Crippen molar-refractivity contribution in [1.82, 2.24) is 0 Å². The standard InChI is InChI=1S/C8H21O4PSi2/c1-10-8(9)13(11-14(2,3)4)12-15(5,6)7/h1-7H3. The Morgan fingerprint density at radius 3 is 1.47 bits per heavy atom. The number of carbonyl (C=O) groups is 1. The molecule has 0 aliphatic heterocycles. The number of rotatable bonds is 5. The number of ether oxygens (including phenoxy) is 1. The summed E-state index contributed by atoms with van der Waals surface area (Å²) in [5, 5.41) is 0. The molecule has 4 nitrogen and oxygen atoms in total. The third-order valence-electron chi connectivity index (χ3n) is 1.04. The Kier molecular flexibility index (Phi) is 5.64. The first kappa shape index (κ1) is 15.3. The van der Waals surface area contributed by atoms with Gasteiger partial charge in [0.05, 0.1) is 7.11 Å². The van der Waals surface area contributed by atoms with Crippen LogP contribution in [0.3, 0.4) is 0 Å². The molecule has 15 heavy (non-hydrogen) atoms. The minimum absolute atomic E-state index is 0.380. The molecule has 0 radical (unpaired) electrons. The molecule has 0 rings (SSSR count). The summed E-state index contributed by atoms with van der Waals surface area (Å²) in [6.45, 7) is 12.2. The Morgan fingerprint density at radius 1 is 0.933 bits per heavy atom. The van der Waals surface area contributed by atoms with Crippen molar-refractivity contribution in [2.24, 2.45) is 0 Å². The van der Waals surface area contributed by atoms with Gasteiger partial charge in [-0.05, 0) is 39.3 Å². The Hall–Kier alpha value is 0.254. The van der Waals surface area contributed by atoms with Gasteiger partial charge in [0.1, 0.15) is 0 Å². The largest absolute Gasteiger partial charge is 0.462 e. The van der Waals surface area contributed by atoms with E-state index in [1.165, 1.54) is 7.11 Å². The quantitative estimate of drug-likeness (QED) is 0.562. The fourth-order valence-electron chi connectivity index (χ4n) is 0.665. The molecule has 0 atom stereocenters. The molecule has 0 amide bonds. The highest BCUT2D eigenvalue weighted by Gasteiger charge is 2.33. The fraction of sp³-hybridized carbons (Fsp3) is 0.875. The lowest BCUT2D eigenvalue weighted by Crippen LogP contribution is -2.30. The van der Waals surface area contributed by atoms with Crippen molar-refractivity contribution in [3.05, 3.63) is 0 Å². The minimum atomic E-state index is -1.77. The van der Waals surface area contributed by atoms with E-state index in [2.05, 4.69) is 4.74 Å². The predicted octanol–water partition coefficient (Wildman–Crippen LogP) is 3.77.